The number of ether oxygens (including phenoxy) is 1. The Balaban J connectivity index is 1.74. The predicted octanol–water partition coefficient (Wildman–Crippen LogP) is 6.44. The van der Waals surface area contributed by atoms with Gasteiger partial charge in [-0.1, -0.05) is 82.3 Å². The molecule has 3 aromatic rings. The molecule has 1 saturated heterocycles. The molecule has 1 N–H and O–H groups in total. The Morgan fingerprint density at radius 2 is 1.57 bits per heavy atom. The Morgan fingerprint density at radius 1 is 0.919 bits per heavy atom. The van der Waals surface area contributed by atoms with Crippen LogP contribution in [0.25, 0.3) is 5.76 Å². The molecule has 1 heterocycles. The van der Waals surface area contributed by atoms with E-state index in [1.807, 2.05) is 61.5 Å². The number of aliphatic hydroxyl groups is 1. The molecule has 1 aliphatic rings. The number of hydrogen-bond donors (Lipinski definition) is 1. The molecule has 0 spiro atoms. The van der Waals surface area contributed by atoms with Crippen molar-refractivity contribution >= 4 is 17.4 Å². The highest BCUT2D eigenvalue weighted by Gasteiger charge is 2.45. The third-order valence-electron chi connectivity index (χ3n) is 6.72. The first-order valence-corrected chi connectivity index (χ1v) is 12.9. The number of carbonyl (C=O) groups excluding carboxylic acids is 2. The van der Waals surface area contributed by atoms with Crippen molar-refractivity contribution in [1.29, 1.82) is 0 Å². The van der Waals surface area contributed by atoms with Gasteiger partial charge in [0.2, 0.25) is 0 Å². The van der Waals surface area contributed by atoms with Gasteiger partial charge in [-0.3, -0.25) is 9.59 Å². The van der Waals surface area contributed by atoms with Gasteiger partial charge in [0.1, 0.15) is 11.5 Å². The van der Waals surface area contributed by atoms with Crippen LogP contribution in [-0.4, -0.2) is 34.8 Å². The van der Waals surface area contributed by atoms with Crippen LogP contribution < -0.4 is 4.74 Å². The van der Waals surface area contributed by atoms with Crippen LogP contribution in [0.2, 0.25) is 0 Å². The second-order valence-corrected chi connectivity index (χ2v) is 10.5. The Kier molecular flexibility index (Phi) is 7.82. The van der Waals surface area contributed by atoms with Gasteiger partial charge < -0.3 is 14.7 Å². The van der Waals surface area contributed by atoms with E-state index >= 15 is 0 Å². The Labute approximate surface area is 219 Å². The third kappa shape index (κ3) is 5.77. The van der Waals surface area contributed by atoms with Gasteiger partial charge in [-0.15, -0.1) is 0 Å². The summed E-state index contributed by atoms with van der Waals surface area (Å²) < 4.78 is 5.65. The minimum absolute atomic E-state index is 0.0325. The van der Waals surface area contributed by atoms with Crippen LogP contribution in [0, 0.1) is 0 Å². The number of aliphatic hydroxyl groups excluding tert-OH is 1. The molecule has 192 valence electrons. The molecule has 0 bridgehead atoms. The first-order chi connectivity index (χ1) is 17.7. The van der Waals surface area contributed by atoms with E-state index in [0.29, 0.717) is 30.9 Å². The quantitative estimate of drug-likeness (QED) is 0.221. The first-order valence-electron chi connectivity index (χ1n) is 12.9. The van der Waals surface area contributed by atoms with Gasteiger partial charge in [0, 0.05) is 12.1 Å². The van der Waals surface area contributed by atoms with Gasteiger partial charge in [-0.05, 0) is 59.2 Å². The van der Waals surface area contributed by atoms with Crippen molar-refractivity contribution in [3.8, 4) is 5.75 Å². The molecule has 1 amide bonds. The summed E-state index contributed by atoms with van der Waals surface area (Å²) in [5.41, 5.74) is 3.58. The molecular formula is C32H35NO4. The van der Waals surface area contributed by atoms with E-state index in [4.69, 9.17) is 4.74 Å². The molecule has 1 atom stereocenters. The lowest BCUT2D eigenvalue weighted by Crippen LogP contribution is -2.31. The van der Waals surface area contributed by atoms with Gasteiger partial charge in [0.05, 0.1) is 18.2 Å². The van der Waals surface area contributed by atoms with Crippen molar-refractivity contribution in [2.24, 2.45) is 0 Å². The molecular weight excluding hydrogens is 462 g/mol. The number of amides is 1. The zero-order valence-electron chi connectivity index (χ0n) is 22.0. The summed E-state index contributed by atoms with van der Waals surface area (Å²) in [6.45, 7) is 9.42. The van der Waals surface area contributed by atoms with Crippen LogP contribution in [0.3, 0.4) is 0 Å². The molecule has 3 aromatic carbocycles. The van der Waals surface area contributed by atoms with Gasteiger partial charge in [-0.25, -0.2) is 0 Å². The number of nitrogens with zero attached hydrogens (tertiary/aromatic N) is 1. The fourth-order valence-electron chi connectivity index (χ4n) is 4.60. The van der Waals surface area contributed by atoms with Crippen LogP contribution >= 0.6 is 0 Å². The van der Waals surface area contributed by atoms with Crippen LogP contribution in [0.4, 0.5) is 0 Å². The standard InChI is InChI=1S/C32H35NO4/c1-5-21-37-26-17-13-24(14-18-26)29(34)27-28(23-11-15-25(16-12-23)32(2,3)4)33(31(36)30(27)35)20-19-22-9-7-6-8-10-22/h6-18,28,34H,5,19-21H2,1-4H3/b29-27+. The molecule has 0 radical (unpaired) electrons. The van der Waals surface area contributed by atoms with E-state index in [0.717, 1.165) is 23.1 Å². The number of ketones is 1. The largest absolute Gasteiger partial charge is 0.507 e. The highest BCUT2D eigenvalue weighted by atomic mass is 16.5. The highest BCUT2D eigenvalue weighted by Crippen LogP contribution is 2.40. The maximum Gasteiger partial charge on any atom is 0.295 e. The number of Topliss-reactive ketones (excluding diaryl/α,β-unsaturated/α-hetero) is 1. The Hall–Kier alpha value is -3.86. The fraction of sp³-hybridized carbons (Fsp3) is 0.312. The normalized spacial score (nSPS) is 17.3. The third-order valence-corrected chi connectivity index (χ3v) is 6.72. The van der Waals surface area contributed by atoms with Crippen molar-refractivity contribution in [2.75, 3.05) is 13.2 Å². The maximum absolute atomic E-state index is 13.3. The van der Waals surface area contributed by atoms with Crippen LogP contribution in [0.1, 0.15) is 62.4 Å². The lowest BCUT2D eigenvalue weighted by atomic mass is 9.85. The molecule has 1 fully saturated rings. The average molecular weight is 498 g/mol. The summed E-state index contributed by atoms with van der Waals surface area (Å²) in [5, 5.41) is 11.3. The van der Waals surface area contributed by atoms with Gasteiger partial charge in [0.25, 0.3) is 11.7 Å². The van der Waals surface area contributed by atoms with Gasteiger partial charge in [0.15, 0.2) is 0 Å². The molecule has 4 rings (SSSR count). The summed E-state index contributed by atoms with van der Waals surface area (Å²) in [7, 11) is 0. The first kappa shape index (κ1) is 26.2. The molecule has 1 unspecified atom stereocenters. The predicted molar refractivity (Wildman–Crippen MR) is 147 cm³/mol. The molecule has 0 aliphatic carbocycles. The molecule has 5 nitrogen and oxygen atoms in total. The molecule has 1 aliphatic heterocycles. The highest BCUT2D eigenvalue weighted by molar-refractivity contribution is 6.46. The minimum Gasteiger partial charge on any atom is -0.507 e. The van der Waals surface area contributed by atoms with Crippen LogP contribution in [0.15, 0.2) is 84.4 Å². The lowest BCUT2D eigenvalue weighted by molar-refractivity contribution is -0.139. The number of benzene rings is 3. The number of carbonyl (C=O) groups is 2. The Morgan fingerprint density at radius 3 is 2.16 bits per heavy atom. The molecule has 37 heavy (non-hydrogen) atoms. The van der Waals surface area contributed by atoms with Crippen molar-refractivity contribution in [1.82, 2.24) is 4.90 Å². The second-order valence-electron chi connectivity index (χ2n) is 10.5. The summed E-state index contributed by atoms with van der Waals surface area (Å²) in [5.74, 6) is -0.740. The van der Waals surface area contributed by atoms with E-state index in [2.05, 4.69) is 20.8 Å². The van der Waals surface area contributed by atoms with E-state index in [1.165, 1.54) is 0 Å². The SMILES string of the molecule is CCCOc1ccc(/C(O)=C2\C(=O)C(=O)N(CCc3ccccc3)C2c2ccc(C(C)(C)C)cc2)cc1. The number of likely N-dealkylation sites (tertiary alicyclic amines) is 1. The summed E-state index contributed by atoms with van der Waals surface area (Å²) >= 11 is 0. The Bertz CT molecular complexity index is 1270. The van der Waals surface area contributed by atoms with E-state index in [9.17, 15) is 14.7 Å². The summed E-state index contributed by atoms with van der Waals surface area (Å²) in [4.78, 5) is 28.2. The molecule has 0 aromatic heterocycles. The lowest BCUT2D eigenvalue weighted by Gasteiger charge is -2.26. The molecule has 5 heteroatoms. The number of hydrogen-bond acceptors (Lipinski definition) is 4. The van der Waals surface area contributed by atoms with Gasteiger partial charge in [-0.2, -0.15) is 0 Å². The van der Waals surface area contributed by atoms with E-state index < -0.39 is 17.7 Å². The van der Waals surface area contributed by atoms with E-state index in [-0.39, 0.29) is 16.7 Å². The average Bonchev–Trinajstić information content (AvgIpc) is 3.15. The van der Waals surface area contributed by atoms with Crippen molar-refractivity contribution < 1.29 is 19.4 Å². The zero-order chi connectivity index (χ0) is 26.6. The molecule has 0 saturated carbocycles. The zero-order valence-corrected chi connectivity index (χ0v) is 22.0. The fourth-order valence-corrected chi connectivity index (χ4v) is 4.60. The topological polar surface area (TPSA) is 66.8 Å². The van der Waals surface area contributed by atoms with E-state index in [1.54, 1.807) is 29.2 Å². The van der Waals surface area contributed by atoms with Crippen LogP contribution in [0.5, 0.6) is 5.75 Å². The van der Waals surface area contributed by atoms with Crippen molar-refractivity contribution in [3.63, 3.8) is 0 Å². The monoisotopic (exact) mass is 497 g/mol. The van der Waals surface area contributed by atoms with Crippen molar-refractivity contribution in [2.45, 2.75) is 52.0 Å². The van der Waals surface area contributed by atoms with Crippen LogP contribution in [-0.2, 0) is 21.4 Å². The van der Waals surface area contributed by atoms with Gasteiger partial charge >= 0.3 is 0 Å². The van der Waals surface area contributed by atoms with Crippen molar-refractivity contribution in [3.05, 3.63) is 107 Å². The maximum atomic E-state index is 13.3. The smallest absolute Gasteiger partial charge is 0.295 e. The summed E-state index contributed by atoms with van der Waals surface area (Å²) in [6.07, 6.45) is 1.50. The number of rotatable bonds is 8. The minimum atomic E-state index is -0.672. The second kappa shape index (κ2) is 11.0. The summed E-state index contributed by atoms with van der Waals surface area (Å²) in [6, 6.07) is 24.2.